The lowest BCUT2D eigenvalue weighted by molar-refractivity contribution is -0.192. The van der Waals surface area contributed by atoms with Crippen LogP contribution in [-0.4, -0.2) is 69.1 Å². The number of sulfonamides is 1. The topological polar surface area (TPSA) is 210 Å². The molecule has 2 aromatic rings. The first-order valence-electron chi connectivity index (χ1n) is 10.9. The highest BCUT2D eigenvalue weighted by atomic mass is 79.9. The summed E-state index contributed by atoms with van der Waals surface area (Å²) in [5, 5.41) is 23.6. The normalized spacial score (nSPS) is 11.9. The van der Waals surface area contributed by atoms with Crippen LogP contribution in [0, 0.1) is 5.41 Å². The van der Waals surface area contributed by atoms with Crippen molar-refractivity contribution in [1.82, 2.24) is 10.2 Å². The summed E-state index contributed by atoms with van der Waals surface area (Å²) in [5.41, 5.74) is 7.90. The summed E-state index contributed by atoms with van der Waals surface area (Å²) >= 11 is 3.21. The molecule has 0 heterocycles. The largest absolute Gasteiger partial charge is 0.495 e. The van der Waals surface area contributed by atoms with E-state index in [0.29, 0.717) is 35.4 Å². The molecule has 2 aromatic carbocycles. The number of hydroxylamine groups is 1. The van der Waals surface area contributed by atoms with Crippen molar-refractivity contribution in [3.63, 3.8) is 0 Å². The van der Waals surface area contributed by atoms with Crippen LogP contribution in [0.1, 0.15) is 12.0 Å². The van der Waals surface area contributed by atoms with Crippen LogP contribution in [0.3, 0.4) is 0 Å². The Morgan fingerprint density at radius 2 is 1.73 bits per heavy atom. The summed E-state index contributed by atoms with van der Waals surface area (Å²) < 4.78 is 70.8. The first-order chi connectivity index (χ1) is 18.6. The van der Waals surface area contributed by atoms with E-state index in [1.54, 1.807) is 30.3 Å². The average molecular weight is 659 g/mol. The second kappa shape index (κ2) is 15.8. The predicted octanol–water partition coefficient (Wildman–Crippen LogP) is 2.25. The number of carbonyl (C=O) groups is 2. The van der Waals surface area contributed by atoms with Gasteiger partial charge in [0, 0.05) is 10.9 Å². The highest BCUT2D eigenvalue weighted by Gasteiger charge is 2.38. The molecule has 0 radical (unpaired) electrons. The van der Waals surface area contributed by atoms with Crippen LogP contribution in [0.15, 0.2) is 51.8 Å². The minimum absolute atomic E-state index is 0.0737. The fourth-order valence-corrected chi connectivity index (χ4v) is 4.59. The maximum absolute atomic E-state index is 12.8. The van der Waals surface area contributed by atoms with E-state index in [1.807, 2.05) is 0 Å². The van der Waals surface area contributed by atoms with Crippen LogP contribution in [0.4, 0.5) is 13.2 Å². The molecule has 1 atom stereocenters. The van der Waals surface area contributed by atoms with Gasteiger partial charge in [0.25, 0.3) is 0 Å². The number of carboxylic acid groups (broad SMARTS) is 2. The number of carboxylic acids is 2. The Morgan fingerprint density at radius 3 is 2.23 bits per heavy atom. The molecule has 0 unspecified atom stereocenters. The number of aliphatic carboxylic acids is 2. The van der Waals surface area contributed by atoms with E-state index < -0.39 is 34.2 Å². The molecule has 18 heteroatoms. The number of halogens is 4. The fourth-order valence-electron chi connectivity index (χ4n) is 2.70. The summed E-state index contributed by atoms with van der Waals surface area (Å²) in [6, 6.07) is 9.68. The van der Waals surface area contributed by atoms with E-state index in [9.17, 15) is 31.5 Å². The molecule has 7 N–H and O–H groups in total. The molecule has 0 aliphatic carbocycles. The lowest BCUT2D eigenvalue weighted by Crippen LogP contribution is -2.42. The van der Waals surface area contributed by atoms with E-state index in [4.69, 9.17) is 35.4 Å². The Balaban J connectivity index is 0.00000101. The van der Waals surface area contributed by atoms with Crippen molar-refractivity contribution in [2.75, 3.05) is 20.3 Å². The van der Waals surface area contributed by atoms with Crippen molar-refractivity contribution in [2.45, 2.75) is 30.0 Å². The van der Waals surface area contributed by atoms with Crippen LogP contribution < -0.4 is 25.4 Å². The number of nitrogens with one attached hydrogen (secondary N) is 3. The summed E-state index contributed by atoms with van der Waals surface area (Å²) in [6.45, 7) is 0.645. The van der Waals surface area contributed by atoms with E-state index in [-0.39, 0.29) is 23.0 Å². The van der Waals surface area contributed by atoms with Gasteiger partial charge in [-0.1, -0.05) is 28.1 Å². The molecule has 0 aliphatic heterocycles. The molecule has 40 heavy (non-hydrogen) atoms. The molecule has 0 bridgehead atoms. The molecule has 13 nitrogen and oxygen atoms in total. The average Bonchev–Trinajstić information content (AvgIpc) is 2.86. The predicted molar refractivity (Wildman–Crippen MR) is 137 cm³/mol. The van der Waals surface area contributed by atoms with Gasteiger partial charge < -0.3 is 25.4 Å². The van der Waals surface area contributed by atoms with Gasteiger partial charge in [0.1, 0.15) is 22.4 Å². The van der Waals surface area contributed by atoms with Crippen LogP contribution in [0.25, 0.3) is 0 Å². The number of hydrogen-bond acceptors (Lipinski definition) is 8. The molecule has 0 saturated heterocycles. The summed E-state index contributed by atoms with van der Waals surface area (Å²) in [6.07, 6.45) is -4.61. The highest BCUT2D eigenvalue weighted by Crippen LogP contribution is 2.27. The van der Waals surface area contributed by atoms with Gasteiger partial charge in [-0.05, 0) is 42.3 Å². The SMILES string of the molecule is COc1ccc(Br)cc1S(=O)(=O)N[C@@H](Cc1ccc(OCCCONC(=N)N)cc1)C(=O)O.O=C(O)C(F)(F)F. The van der Waals surface area contributed by atoms with Gasteiger partial charge in [-0.25, -0.2) is 18.7 Å². The zero-order valence-electron chi connectivity index (χ0n) is 20.7. The Hall–Kier alpha value is -3.61. The van der Waals surface area contributed by atoms with Crippen molar-refractivity contribution in [2.24, 2.45) is 5.73 Å². The molecule has 0 amide bonds. The van der Waals surface area contributed by atoms with Crippen LogP contribution in [0.5, 0.6) is 11.5 Å². The molecule has 2 rings (SSSR count). The fraction of sp³-hybridized carbons (Fsp3) is 0.318. The third-order valence-electron chi connectivity index (χ3n) is 4.46. The van der Waals surface area contributed by atoms with Crippen LogP contribution in [-0.2, 0) is 30.9 Å². The number of guanidine groups is 1. The maximum Gasteiger partial charge on any atom is 0.490 e. The van der Waals surface area contributed by atoms with Gasteiger partial charge >= 0.3 is 18.1 Å². The molecule has 0 fully saturated rings. The molecular weight excluding hydrogens is 633 g/mol. The number of nitrogens with two attached hydrogens (primary N) is 1. The lowest BCUT2D eigenvalue weighted by Gasteiger charge is -2.17. The molecule has 0 aliphatic rings. The van der Waals surface area contributed by atoms with E-state index in [0.717, 1.165) is 0 Å². The number of hydrogen-bond donors (Lipinski definition) is 6. The second-order valence-corrected chi connectivity index (χ2v) is 10.1. The molecule has 222 valence electrons. The van der Waals surface area contributed by atoms with Crippen molar-refractivity contribution in [1.29, 1.82) is 5.41 Å². The monoisotopic (exact) mass is 658 g/mol. The van der Waals surface area contributed by atoms with Gasteiger partial charge in [0.2, 0.25) is 16.0 Å². The zero-order chi connectivity index (χ0) is 30.5. The quantitative estimate of drug-likeness (QED) is 0.0795. The smallest absolute Gasteiger partial charge is 0.490 e. The number of benzene rings is 2. The Labute approximate surface area is 235 Å². The third-order valence-corrected chi connectivity index (χ3v) is 6.44. The van der Waals surface area contributed by atoms with E-state index in [1.165, 1.54) is 19.2 Å². The maximum atomic E-state index is 12.8. The minimum atomic E-state index is -5.08. The standard InChI is InChI=1S/C20H25BrN4O7S.C2HF3O2/c1-30-17-8-5-14(21)12-18(17)33(28,29)25-16(19(26)27)11-13-3-6-15(7-4-13)31-9-2-10-32-24-20(22)23;3-2(4,5)1(6)7/h3-8,12,16,25H,2,9-11H2,1H3,(H,26,27)(H4,22,23,24);(H,6,7)/t16-;/m0./s1. The molecular formula is C22H26BrF3N4O9S. The van der Waals surface area contributed by atoms with Crippen molar-refractivity contribution < 1.29 is 55.7 Å². The summed E-state index contributed by atoms with van der Waals surface area (Å²) in [7, 11) is -2.84. The minimum Gasteiger partial charge on any atom is -0.495 e. The van der Waals surface area contributed by atoms with Crippen molar-refractivity contribution >= 4 is 43.9 Å². The Bertz CT molecular complexity index is 1260. The first kappa shape index (κ1) is 34.4. The van der Waals surface area contributed by atoms with Crippen LogP contribution >= 0.6 is 15.9 Å². The van der Waals surface area contributed by atoms with Gasteiger partial charge in [0.15, 0.2) is 0 Å². The lowest BCUT2D eigenvalue weighted by atomic mass is 10.1. The Kier molecular flexibility index (Phi) is 13.6. The Morgan fingerprint density at radius 1 is 1.12 bits per heavy atom. The third kappa shape index (κ3) is 12.5. The van der Waals surface area contributed by atoms with Gasteiger partial charge in [-0.2, -0.15) is 17.9 Å². The van der Waals surface area contributed by atoms with Crippen molar-refractivity contribution in [3.05, 3.63) is 52.5 Å². The summed E-state index contributed by atoms with van der Waals surface area (Å²) in [4.78, 5) is 25.4. The number of methoxy groups -OCH3 is 1. The number of rotatable bonds is 13. The first-order valence-corrected chi connectivity index (χ1v) is 13.2. The number of ether oxygens (including phenoxy) is 2. The number of alkyl halides is 3. The molecule has 0 spiro atoms. The summed E-state index contributed by atoms with van der Waals surface area (Å²) in [5.74, 6) is -3.70. The molecule has 0 saturated carbocycles. The molecule has 0 aromatic heterocycles. The van der Waals surface area contributed by atoms with Gasteiger partial charge in [0.05, 0.1) is 20.3 Å². The zero-order valence-corrected chi connectivity index (χ0v) is 23.1. The van der Waals surface area contributed by atoms with Gasteiger partial charge in [-0.15, -0.1) is 0 Å². The second-order valence-electron chi connectivity index (χ2n) is 7.52. The highest BCUT2D eigenvalue weighted by molar-refractivity contribution is 9.10. The van der Waals surface area contributed by atoms with Gasteiger partial charge in [-0.3, -0.25) is 15.0 Å². The van der Waals surface area contributed by atoms with E-state index in [2.05, 4.69) is 26.1 Å². The van der Waals surface area contributed by atoms with Crippen molar-refractivity contribution in [3.8, 4) is 11.5 Å². The van der Waals surface area contributed by atoms with E-state index >= 15 is 0 Å². The van der Waals surface area contributed by atoms with Crippen LogP contribution in [0.2, 0.25) is 0 Å².